The van der Waals surface area contributed by atoms with Gasteiger partial charge in [0.25, 0.3) is 0 Å². The summed E-state index contributed by atoms with van der Waals surface area (Å²) in [6, 6.07) is 24.8. The molecule has 0 aliphatic heterocycles. The van der Waals surface area contributed by atoms with E-state index in [4.69, 9.17) is 0 Å². The third kappa shape index (κ3) is 3.81. The Labute approximate surface area is 198 Å². The van der Waals surface area contributed by atoms with Gasteiger partial charge in [0.05, 0.1) is 0 Å². The fraction of sp³-hybridized carbons (Fsp3) is 0.0909. The molecule has 4 heteroatoms. The molecule has 0 spiro atoms. The van der Waals surface area contributed by atoms with Crippen LogP contribution < -0.4 is 54.2 Å². The maximum absolute atomic E-state index is 2.44. The summed E-state index contributed by atoms with van der Waals surface area (Å²) >= 11 is -0.696. The van der Waals surface area contributed by atoms with E-state index in [0.29, 0.717) is 3.63 Å². The normalized spacial score (nSPS) is 14.7. The van der Waals surface area contributed by atoms with Gasteiger partial charge in [0.15, 0.2) is 0 Å². The third-order valence-corrected chi connectivity index (χ3v) is 8.88. The summed E-state index contributed by atoms with van der Waals surface area (Å²) in [4.78, 5) is 0. The predicted molar refractivity (Wildman–Crippen MR) is 92.5 cm³/mol. The third-order valence-electron chi connectivity index (χ3n) is 4.96. The van der Waals surface area contributed by atoms with E-state index >= 15 is 0 Å². The first-order chi connectivity index (χ1) is 11.4. The van der Waals surface area contributed by atoms with Gasteiger partial charge in [0.2, 0.25) is 0 Å². The monoisotopic (exact) mass is 607 g/mol. The van der Waals surface area contributed by atoms with Crippen LogP contribution in [0.15, 0.2) is 72.8 Å². The van der Waals surface area contributed by atoms with Gasteiger partial charge >= 0.3 is 149 Å². The smallest absolute Gasteiger partial charge is 1.00 e. The van der Waals surface area contributed by atoms with Gasteiger partial charge in [-0.2, -0.15) is 0 Å². The van der Waals surface area contributed by atoms with Gasteiger partial charge in [0, 0.05) is 0 Å². The molecule has 0 radical (unpaired) electrons. The van der Waals surface area contributed by atoms with Crippen LogP contribution in [-0.4, -0.2) is 0 Å². The van der Waals surface area contributed by atoms with Gasteiger partial charge in [-0.15, -0.1) is 0 Å². The molecule has 3 aromatic carbocycles. The first-order valence-electron chi connectivity index (χ1n) is 8.14. The van der Waals surface area contributed by atoms with Crippen molar-refractivity contribution in [3.05, 3.63) is 95.1 Å². The van der Waals surface area contributed by atoms with Crippen molar-refractivity contribution in [3.8, 4) is 11.1 Å². The van der Waals surface area contributed by atoms with E-state index in [1.807, 2.05) is 0 Å². The Morgan fingerprint density at radius 1 is 0.731 bits per heavy atom. The summed E-state index contributed by atoms with van der Waals surface area (Å²) in [7, 11) is 0. The van der Waals surface area contributed by atoms with Crippen LogP contribution in [0.4, 0.5) is 0 Å². The largest absolute Gasteiger partial charge is 1.00 e. The zero-order valence-corrected chi connectivity index (χ0v) is 21.1. The van der Waals surface area contributed by atoms with E-state index in [2.05, 4.69) is 78.9 Å². The van der Waals surface area contributed by atoms with E-state index in [0.717, 1.165) is 6.42 Å². The van der Waals surface area contributed by atoms with Crippen LogP contribution >= 0.6 is 0 Å². The van der Waals surface area contributed by atoms with Gasteiger partial charge in [-0.1, -0.05) is 0 Å². The second-order valence-electron chi connectivity index (χ2n) is 6.28. The molecule has 0 heterocycles. The Balaban J connectivity index is 0.000000810. The van der Waals surface area contributed by atoms with Crippen molar-refractivity contribution in [1.82, 2.24) is 0 Å². The number of rotatable bonds is 2. The van der Waals surface area contributed by atoms with Gasteiger partial charge in [-0.25, -0.2) is 0 Å². The second kappa shape index (κ2) is 9.28. The SMILES string of the molecule is C1=C[CH]([Zr+3][c]2cccc3c2Cc2ccccc2-3)c2ccccc21.[Br-].[Br-].[Br-]. The number of benzene rings is 3. The standard InChI is InChI=1S/C13H9.C9H7.3BrH.Zr/c1-3-7-12-10(5-1)9-11-6-2-4-8-13(11)12;1-2-5-9-7-3-6-8(9)4-1;;;;/h1-5,7-8H,9H2;1-7H;3*1H;/q;;;;;+3/p-3. The van der Waals surface area contributed by atoms with Crippen LogP contribution in [0.25, 0.3) is 17.2 Å². The van der Waals surface area contributed by atoms with Crippen LogP contribution in [-0.2, 0) is 29.7 Å². The summed E-state index contributed by atoms with van der Waals surface area (Å²) in [5, 5.41) is 0. The molecular formula is C22H16Br3Zr. The molecule has 2 aliphatic carbocycles. The number of hydrogen-bond donors (Lipinski definition) is 0. The Bertz CT molecular complexity index is 950. The summed E-state index contributed by atoms with van der Waals surface area (Å²) in [5.74, 6) is 0. The molecule has 0 amide bonds. The van der Waals surface area contributed by atoms with Crippen LogP contribution in [0.5, 0.6) is 0 Å². The molecule has 2 aliphatic rings. The van der Waals surface area contributed by atoms with Gasteiger partial charge in [0.1, 0.15) is 0 Å². The molecule has 1 unspecified atom stereocenters. The second-order valence-corrected chi connectivity index (χ2v) is 9.84. The van der Waals surface area contributed by atoms with Gasteiger partial charge < -0.3 is 50.9 Å². The molecule has 5 rings (SSSR count). The molecule has 0 bridgehead atoms. The summed E-state index contributed by atoms with van der Waals surface area (Å²) in [6.45, 7) is 0. The van der Waals surface area contributed by atoms with E-state index in [9.17, 15) is 0 Å². The molecule has 0 fully saturated rings. The van der Waals surface area contributed by atoms with Gasteiger partial charge in [-0.05, 0) is 0 Å². The fourth-order valence-corrected chi connectivity index (χ4v) is 7.61. The molecule has 26 heavy (non-hydrogen) atoms. The fourth-order valence-electron chi connectivity index (χ4n) is 3.84. The van der Waals surface area contributed by atoms with E-state index in [1.165, 1.54) is 22.3 Å². The zero-order chi connectivity index (χ0) is 15.2. The molecule has 129 valence electrons. The predicted octanol–water partition coefficient (Wildman–Crippen LogP) is -4.25. The van der Waals surface area contributed by atoms with Crippen molar-refractivity contribution in [3.63, 3.8) is 0 Å². The molecule has 0 N–H and O–H groups in total. The molecular weight excluding hydrogens is 595 g/mol. The van der Waals surface area contributed by atoms with Crippen LogP contribution in [0.1, 0.15) is 25.9 Å². The van der Waals surface area contributed by atoms with E-state index in [1.54, 1.807) is 14.4 Å². The average molecular weight is 611 g/mol. The Kier molecular flexibility index (Phi) is 7.86. The molecule has 0 nitrogen and oxygen atoms in total. The Morgan fingerprint density at radius 2 is 1.46 bits per heavy atom. The van der Waals surface area contributed by atoms with Crippen molar-refractivity contribution < 1.29 is 74.2 Å². The maximum atomic E-state index is 2.44. The van der Waals surface area contributed by atoms with Crippen molar-refractivity contribution in [1.29, 1.82) is 0 Å². The number of halogens is 3. The molecule has 0 saturated carbocycles. The first kappa shape index (κ1) is 22.0. The van der Waals surface area contributed by atoms with Crippen LogP contribution in [0.2, 0.25) is 0 Å². The van der Waals surface area contributed by atoms with E-state index < -0.39 is 23.2 Å². The molecule has 3 aromatic rings. The first-order valence-corrected chi connectivity index (χ1v) is 10.8. The molecule has 0 saturated heterocycles. The molecule has 1 atom stereocenters. The quantitative estimate of drug-likeness (QED) is 0.216. The minimum atomic E-state index is -0.696. The maximum Gasteiger partial charge on any atom is -1.00 e. The van der Waals surface area contributed by atoms with Crippen molar-refractivity contribution in [2.24, 2.45) is 0 Å². The minimum Gasteiger partial charge on any atom is -1.00 e. The van der Waals surface area contributed by atoms with Crippen LogP contribution in [0, 0.1) is 0 Å². The van der Waals surface area contributed by atoms with Crippen LogP contribution in [0.3, 0.4) is 0 Å². The average Bonchev–Trinajstić information content (AvgIpc) is 3.17. The van der Waals surface area contributed by atoms with Crippen molar-refractivity contribution >= 4 is 9.35 Å². The number of hydrogen-bond acceptors (Lipinski definition) is 0. The van der Waals surface area contributed by atoms with Crippen molar-refractivity contribution in [2.45, 2.75) is 10.0 Å². The van der Waals surface area contributed by atoms with Crippen molar-refractivity contribution in [2.75, 3.05) is 0 Å². The molecule has 0 aromatic heterocycles. The summed E-state index contributed by atoms with van der Waals surface area (Å²) in [5.41, 5.74) is 9.01. The summed E-state index contributed by atoms with van der Waals surface area (Å²) in [6.07, 6.45) is 5.89. The zero-order valence-electron chi connectivity index (χ0n) is 13.9. The number of allylic oxidation sites excluding steroid dienone is 1. The van der Waals surface area contributed by atoms with E-state index in [-0.39, 0.29) is 50.9 Å². The minimum absolute atomic E-state index is 0. The number of fused-ring (bicyclic) bond motifs is 4. The Hall–Kier alpha value is -0.277. The van der Waals surface area contributed by atoms with Gasteiger partial charge in [-0.3, -0.25) is 0 Å². The summed E-state index contributed by atoms with van der Waals surface area (Å²) < 4.78 is 2.36. The topological polar surface area (TPSA) is 0 Å². The Morgan fingerprint density at radius 3 is 2.35 bits per heavy atom.